The molecule has 0 amide bonds. The molecule has 0 bridgehead atoms. The van der Waals surface area contributed by atoms with Gasteiger partial charge in [0.05, 0.1) is 13.2 Å². The van der Waals surface area contributed by atoms with Gasteiger partial charge in [-0.3, -0.25) is 0 Å². The van der Waals surface area contributed by atoms with Gasteiger partial charge in [-0.15, -0.1) is 0 Å². The van der Waals surface area contributed by atoms with Crippen LogP contribution < -0.4 is 5.32 Å². The molecule has 15 heavy (non-hydrogen) atoms. The summed E-state index contributed by atoms with van der Waals surface area (Å²) >= 11 is 0. The van der Waals surface area contributed by atoms with E-state index in [0.717, 1.165) is 25.7 Å². The van der Waals surface area contributed by atoms with Gasteiger partial charge in [0.2, 0.25) is 0 Å². The second kappa shape index (κ2) is 5.83. The summed E-state index contributed by atoms with van der Waals surface area (Å²) in [6, 6.07) is 0.567. The summed E-state index contributed by atoms with van der Waals surface area (Å²) in [6.07, 6.45) is 4.15. The van der Waals surface area contributed by atoms with Crippen LogP contribution in [0.25, 0.3) is 0 Å². The summed E-state index contributed by atoms with van der Waals surface area (Å²) in [4.78, 5) is 2.60. The average molecular weight is 212 g/mol. The molecule has 3 nitrogen and oxygen atoms in total. The van der Waals surface area contributed by atoms with Crippen LogP contribution in [0.2, 0.25) is 0 Å². The summed E-state index contributed by atoms with van der Waals surface area (Å²) < 4.78 is 5.48. The SMILES string of the molecule is CCC1CCN(CC2COCCN2)CC1. The molecule has 0 aromatic heterocycles. The average Bonchev–Trinajstić information content (AvgIpc) is 2.31. The number of hydrogen-bond donors (Lipinski definition) is 1. The van der Waals surface area contributed by atoms with Gasteiger partial charge in [0.15, 0.2) is 0 Å². The lowest BCUT2D eigenvalue weighted by molar-refractivity contribution is 0.0554. The second-order valence-corrected chi connectivity index (χ2v) is 4.88. The number of likely N-dealkylation sites (tertiary alicyclic amines) is 1. The van der Waals surface area contributed by atoms with Crippen LogP contribution in [0.5, 0.6) is 0 Å². The van der Waals surface area contributed by atoms with Crippen molar-refractivity contribution < 1.29 is 4.74 Å². The highest BCUT2D eigenvalue weighted by molar-refractivity contribution is 4.78. The van der Waals surface area contributed by atoms with Crippen LogP contribution in [0, 0.1) is 5.92 Å². The minimum Gasteiger partial charge on any atom is -0.378 e. The van der Waals surface area contributed by atoms with Crippen LogP contribution >= 0.6 is 0 Å². The smallest absolute Gasteiger partial charge is 0.0632 e. The van der Waals surface area contributed by atoms with Crippen LogP contribution in [-0.2, 0) is 4.74 Å². The highest BCUT2D eigenvalue weighted by Crippen LogP contribution is 2.19. The third-order valence-electron chi connectivity index (χ3n) is 3.76. The molecular weight excluding hydrogens is 188 g/mol. The zero-order chi connectivity index (χ0) is 10.5. The van der Waals surface area contributed by atoms with Gasteiger partial charge in [0.25, 0.3) is 0 Å². The molecular formula is C12H24N2O. The Hall–Kier alpha value is -0.120. The lowest BCUT2D eigenvalue weighted by atomic mass is 9.94. The van der Waals surface area contributed by atoms with Gasteiger partial charge >= 0.3 is 0 Å². The first-order valence-electron chi connectivity index (χ1n) is 6.42. The molecule has 0 aromatic carbocycles. The third kappa shape index (κ3) is 3.44. The third-order valence-corrected chi connectivity index (χ3v) is 3.76. The van der Waals surface area contributed by atoms with E-state index in [1.807, 2.05) is 0 Å². The Labute approximate surface area is 93.2 Å². The normalized spacial score (nSPS) is 30.6. The summed E-state index contributed by atoms with van der Waals surface area (Å²) in [6.45, 7) is 8.87. The topological polar surface area (TPSA) is 24.5 Å². The molecule has 1 N–H and O–H groups in total. The van der Waals surface area contributed by atoms with Crippen molar-refractivity contribution in [1.29, 1.82) is 0 Å². The molecule has 0 saturated carbocycles. The Morgan fingerprint density at radius 3 is 2.73 bits per heavy atom. The Morgan fingerprint density at radius 1 is 1.33 bits per heavy atom. The summed E-state index contributed by atoms with van der Waals surface area (Å²) in [5.41, 5.74) is 0. The standard InChI is InChI=1S/C12H24N2O/c1-2-11-3-6-14(7-4-11)9-12-10-15-8-5-13-12/h11-13H,2-10H2,1H3. The van der Waals surface area contributed by atoms with Crippen LogP contribution in [0.15, 0.2) is 0 Å². The molecule has 2 saturated heterocycles. The number of nitrogens with one attached hydrogen (secondary N) is 1. The van der Waals surface area contributed by atoms with E-state index in [0.29, 0.717) is 6.04 Å². The van der Waals surface area contributed by atoms with Crippen molar-refractivity contribution >= 4 is 0 Å². The maximum atomic E-state index is 5.48. The molecule has 0 radical (unpaired) electrons. The number of nitrogens with zero attached hydrogens (tertiary/aromatic N) is 1. The maximum Gasteiger partial charge on any atom is 0.0632 e. The molecule has 0 aliphatic carbocycles. The minimum atomic E-state index is 0.567. The van der Waals surface area contributed by atoms with E-state index in [9.17, 15) is 0 Å². The van der Waals surface area contributed by atoms with Gasteiger partial charge in [-0.25, -0.2) is 0 Å². The highest BCUT2D eigenvalue weighted by Gasteiger charge is 2.21. The number of morpholine rings is 1. The Kier molecular flexibility index (Phi) is 4.42. The highest BCUT2D eigenvalue weighted by atomic mass is 16.5. The van der Waals surface area contributed by atoms with Crippen LogP contribution in [0.3, 0.4) is 0 Å². The number of ether oxygens (including phenoxy) is 1. The van der Waals surface area contributed by atoms with Gasteiger partial charge in [0, 0.05) is 19.1 Å². The van der Waals surface area contributed by atoms with Crippen molar-refractivity contribution in [2.24, 2.45) is 5.92 Å². The fourth-order valence-corrected chi connectivity index (χ4v) is 2.63. The number of piperidine rings is 1. The minimum absolute atomic E-state index is 0.567. The Bertz CT molecular complexity index is 172. The van der Waals surface area contributed by atoms with Gasteiger partial charge in [-0.1, -0.05) is 13.3 Å². The van der Waals surface area contributed by atoms with E-state index >= 15 is 0 Å². The van der Waals surface area contributed by atoms with E-state index in [2.05, 4.69) is 17.1 Å². The van der Waals surface area contributed by atoms with E-state index < -0.39 is 0 Å². The van der Waals surface area contributed by atoms with E-state index in [4.69, 9.17) is 4.74 Å². The Morgan fingerprint density at radius 2 is 2.13 bits per heavy atom. The first-order chi connectivity index (χ1) is 7.38. The summed E-state index contributed by atoms with van der Waals surface area (Å²) in [5, 5.41) is 3.52. The van der Waals surface area contributed by atoms with Crippen molar-refractivity contribution in [2.75, 3.05) is 39.4 Å². The maximum absolute atomic E-state index is 5.48. The lowest BCUT2D eigenvalue weighted by Crippen LogP contribution is -2.49. The summed E-state index contributed by atoms with van der Waals surface area (Å²) in [5.74, 6) is 0.983. The zero-order valence-electron chi connectivity index (χ0n) is 9.87. The fraction of sp³-hybridized carbons (Fsp3) is 1.00. The molecule has 88 valence electrons. The summed E-state index contributed by atoms with van der Waals surface area (Å²) in [7, 11) is 0. The van der Waals surface area contributed by atoms with E-state index in [-0.39, 0.29) is 0 Å². The largest absolute Gasteiger partial charge is 0.378 e. The van der Waals surface area contributed by atoms with Crippen molar-refractivity contribution in [3.63, 3.8) is 0 Å². The molecule has 0 aromatic rings. The van der Waals surface area contributed by atoms with Gasteiger partial charge in [-0.2, -0.15) is 0 Å². The molecule has 2 fully saturated rings. The fourth-order valence-electron chi connectivity index (χ4n) is 2.63. The molecule has 0 spiro atoms. The molecule has 1 atom stereocenters. The molecule has 2 heterocycles. The first-order valence-corrected chi connectivity index (χ1v) is 6.42. The van der Waals surface area contributed by atoms with Crippen LogP contribution in [-0.4, -0.2) is 50.3 Å². The van der Waals surface area contributed by atoms with Gasteiger partial charge < -0.3 is 15.0 Å². The molecule has 2 aliphatic rings. The van der Waals surface area contributed by atoms with E-state index in [1.54, 1.807) is 0 Å². The lowest BCUT2D eigenvalue weighted by Gasteiger charge is -2.35. The number of hydrogen-bond acceptors (Lipinski definition) is 3. The first kappa shape index (κ1) is 11.4. The van der Waals surface area contributed by atoms with Gasteiger partial charge in [-0.05, 0) is 31.8 Å². The predicted octanol–water partition coefficient (Wildman–Crippen LogP) is 1.10. The monoisotopic (exact) mass is 212 g/mol. The van der Waals surface area contributed by atoms with Crippen molar-refractivity contribution in [3.8, 4) is 0 Å². The van der Waals surface area contributed by atoms with Crippen molar-refractivity contribution in [3.05, 3.63) is 0 Å². The predicted molar refractivity (Wildman–Crippen MR) is 62.1 cm³/mol. The molecule has 2 aliphatic heterocycles. The second-order valence-electron chi connectivity index (χ2n) is 4.88. The zero-order valence-corrected chi connectivity index (χ0v) is 9.87. The number of rotatable bonds is 3. The molecule has 1 unspecified atom stereocenters. The Balaban J connectivity index is 1.67. The van der Waals surface area contributed by atoms with E-state index in [1.165, 1.54) is 38.9 Å². The van der Waals surface area contributed by atoms with Crippen molar-refractivity contribution in [1.82, 2.24) is 10.2 Å². The van der Waals surface area contributed by atoms with Crippen molar-refractivity contribution in [2.45, 2.75) is 32.2 Å². The quantitative estimate of drug-likeness (QED) is 0.758. The van der Waals surface area contributed by atoms with Gasteiger partial charge in [0.1, 0.15) is 0 Å². The van der Waals surface area contributed by atoms with Crippen LogP contribution in [0.1, 0.15) is 26.2 Å². The van der Waals surface area contributed by atoms with Crippen LogP contribution in [0.4, 0.5) is 0 Å². The molecule has 2 rings (SSSR count). The molecule has 3 heteroatoms.